The Morgan fingerprint density at radius 1 is 0.415 bits per heavy atom. The maximum absolute atomic E-state index is 4.63. The molecule has 0 amide bonds. The molecule has 3 aromatic rings. The van der Waals surface area contributed by atoms with Crippen LogP contribution in [0.25, 0.3) is 46.4 Å². The number of nitrogens with one attached hydrogen (secondary N) is 2. The summed E-state index contributed by atoms with van der Waals surface area (Å²) in [5.41, 5.74) is 7.86. The first-order valence-corrected chi connectivity index (χ1v) is 20.5. The standard InChI is InChI=1S/C20H14N4.8C2H5.Cu/c1-2-14-10-16-5-6-18(23-16)12-20-8-7-19(24-20)11-17-4-3-15(22-17)9-13(1)21-14;8*1-2;/h1-12,21,24H;8*1H2,2H3;. The molecule has 0 atom stereocenters. The van der Waals surface area contributed by atoms with Crippen molar-refractivity contribution in [2.45, 2.75) is 97.9 Å². The van der Waals surface area contributed by atoms with Gasteiger partial charge in [0.25, 0.3) is 0 Å². The number of nitrogens with zero attached hydrogens (tertiary/aromatic N) is 2. The fourth-order valence-corrected chi connectivity index (χ4v) is 20.3. The molecular formula is C36H54CuN4. The molecule has 3 aromatic heterocycles. The van der Waals surface area contributed by atoms with Gasteiger partial charge in [-0.3, -0.25) is 0 Å². The summed E-state index contributed by atoms with van der Waals surface area (Å²) in [7, 11) is -2.95. The van der Waals surface area contributed by atoms with Crippen molar-refractivity contribution in [3.05, 3.63) is 71.3 Å². The van der Waals surface area contributed by atoms with Crippen molar-refractivity contribution < 1.29 is 8.62 Å². The summed E-state index contributed by atoms with van der Waals surface area (Å²) in [4.78, 5) is 16.0. The number of hydrogen-bond acceptors (Lipinski definition) is 2. The molecule has 0 saturated carbocycles. The van der Waals surface area contributed by atoms with Gasteiger partial charge in [0.15, 0.2) is 0 Å². The first-order chi connectivity index (χ1) is 19.5. The van der Waals surface area contributed by atoms with Crippen molar-refractivity contribution in [2.75, 3.05) is 0 Å². The number of hydrogen-bond donors (Lipinski definition) is 2. The third kappa shape index (κ3) is 4.14. The van der Waals surface area contributed by atoms with E-state index in [1.54, 1.807) is 0 Å². The van der Waals surface area contributed by atoms with Crippen molar-refractivity contribution in [1.29, 1.82) is 0 Å². The number of aromatic nitrogens is 4. The van der Waals surface area contributed by atoms with Crippen LogP contribution in [-0.2, 0) is 8.62 Å². The molecule has 4 nitrogen and oxygen atoms in total. The molecule has 5 heteroatoms. The molecule has 8 bridgehead atoms. The molecule has 0 saturated heterocycles. The maximum atomic E-state index is 4.63. The van der Waals surface area contributed by atoms with E-state index in [1.807, 2.05) is 48.6 Å². The van der Waals surface area contributed by atoms with E-state index in [1.165, 1.54) is 42.6 Å². The monoisotopic (exact) mass is 605 g/mol. The average molecular weight is 606 g/mol. The normalized spacial score (nSPS) is 16.6. The molecule has 2 aliphatic heterocycles. The fraction of sp³-hybridized carbons (Fsp3) is 0.444. The molecule has 0 aliphatic carbocycles. The van der Waals surface area contributed by atoms with Gasteiger partial charge in [-0.25, -0.2) is 9.97 Å². The van der Waals surface area contributed by atoms with Gasteiger partial charge in [0.1, 0.15) is 0 Å². The minimum atomic E-state index is -2.95. The third-order valence-corrected chi connectivity index (χ3v) is 38.9. The molecule has 229 valence electrons. The summed E-state index contributed by atoms with van der Waals surface area (Å²) in [5.74, 6) is 0. The van der Waals surface area contributed by atoms with E-state index in [2.05, 4.69) is 99.6 Å². The summed E-state index contributed by atoms with van der Waals surface area (Å²) in [6, 6.07) is 16.4. The first-order valence-electron chi connectivity index (χ1n) is 15.2. The van der Waals surface area contributed by atoms with Gasteiger partial charge >= 0.3 is 107 Å². The Bertz CT molecular complexity index is 1430. The van der Waals surface area contributed by atoms with E-state index in [4.69, 9.17) is 0 Å². The van der Waals surface area contributed by atoms with E-state index in [0.29, 0.717) is 0 Å². The molecule has 0 radical (unpaired) electrons. The van der Waals surface area contributed by atoms with Crippen molar-refractivity contribution in [3.8, 4) is 0 Å². The predicted molar refractivity (Wildman–Crippen MR) is 183 cm³/mol. The average Bonchev–Trinajstić information content (AvgIpc) is 3.85. The van der Waals surface area contributed by atoms with Gasteiger partial charge in [0, 0.05) is 22.1 Å². The Balaban J connectivity index is 0.000000204. The fourth-order valence-electron chi connectivity index (χ4n) is 7.16. The Kier molecular flexibility index (Phi) is 6.86. The quantitative estimate of drug-likeness (QED) is 0.173. The predicted octanol–water partition coefficient (Wildman–Crippen LogP) is 12.4. The number of aromatic amines is 2. The molecule has 0 unspecified atom stereocenters. The summed E-state index contributed by atoms with van der Waals surface area (Å²) >= 11 is 0. The van der Waals surface area contributed by atoms with Gasteiger partial charge in [-0.05, 0) is 72.8 Å². The molecule has 2 aliphatic rings. The third-order valence-electron chi connectivity index (χ3n) is 12.5. The Labute approximate surface area is 243 Å². The minimum absolute atomic E-state index is 0.939. The summed E-state index contributed by atoms with van der Waals surface area (Å²) in [6.07, 6.45) is 8.09. The molecule has 41 heavy (non-hydrogen) atoms. The second-order valence-corrected chi connectivity index (χ2v) is 30.3. The van der Waals surface area contributed by atoms with E-state index < -0.39 is 8.62 Å². The van der Waals surface area contributed by atoms with Crippen molar-refractivity contribution in [3.63, 3.8) is 0 Å². The molecule has 0 spiro atoms. The van der Waals surface area contributed by atoms with Gasteiger partial charge in [0.2, 0.25) is 0 Å². The second-order valence-electron chi connectivity index (χ2n) is 11.8. The van der Waals surface area contributed by atoms with Crippen LogP contribution in [0.15, 0.2) is 48.5 Å². The van der Waals surface area contributed by atoms with Crippen LogP contribution in [0.2, 0.25) is 42.6 Å². The molecule has 2 N–H and O–H groups in total. The zero-order valence-electron chi connectivity index (χ0n) is 26.8. The number of fused-ring (bicyclic) bond motifs is 8. The second kappa shape index (κ2) is 9.06. The van der Waals surface area contributed by atoms with E-state index in [-0.39, 0.29) is 0 Å². The topological polar surface area (TPSA) is 57.4 Å². The zero-order valence-corrected chi connectivity index (χ0v) is 27.7. The van der Waals surface area contributed by atoms with E-state index in [9.17, 15) is 0 Å². The van der Waals surface area contributed by atoms with Gasteiger partial charge in [-0.1, -0.05) is 0 Å². The Morgan fingerprint density at radius 3 is 0.805 bits per heavy atom. The summed E-state index contributed by atoms with van der Waals surface area (Å²) in [6.45, 7) is 20.1. The number of H-pyrrole nitrogens is 2. The van der Waals surface area contributed by atoms with Crippen LogP contribution in [-0.4, -0.2) is 19.9 Å². The van der Waals surface area contributed by atoms with Gasteiger partial charge in [-0.2, -0.15) is 0 Å². The number of rotatable bonds is 8. The van der Waals surface area contributed by atoms with Crippen LogP contribution in [0.5, 0.6) is 0 Å². The molecule has 0 fully saturated rings. The van der Waals surface area contributed by atoms with Gasteiger partial charge < -0.3 is 9.97 Å². The van der Waals surface area contributed by atoms with Crippen LogP contribution in [0.1, 0.15) is 78.2 Å². The van der Waals surface area contributed by atoms with Crippen molar-refractivity contribution in [1.82, 2.24) is 19.9 Å². The van der Waals surface area contributed by atoms with Crippen LogP contribution in [0.4, 0.5) is 0 Å². The van der Waals surface area contributed by atoms with Gasteiger partial charge in [0.05, 0.1) is 22.8 Å². The van der Waals surface area contributed by atoms with Crippen molar-refractivity contribution >= 4 is 46.4 Å². The molecule has 5 rings (SSSR count). The SMILES string of the molecule is C1=Cc2cc3ccc(cc4nc(cc5ccc(cc1n2)[nH]5)C=C4)[nH]3.C[CH2][Cu]([CH2]C)([CH2]C)([CH2]C)([CH2]C)([CH2]C)([CH2]C)[CH2]C. The summed E-state index contributed by atoms with van der Waals surface area (Å²) in [5, 5.41) is 11.3. The van der Waals surface area contributed by atoms with Crippen LogP contribution in [0.3, 0.4) is 0 Å². The first kappa shape index (κ1) is 31.1. The Hall–Kier alpha value is -2.88. The van der Waals surface area contributed by atoms with E-state index >= 15 is 0 Å². The Morgan fingerprint density at radius 2 is 0.634 bits per heavy atom. The van der Waals surface area contributed by atoms with Gasteiger partial charge in [-0.15, -0.1) is 0 Å². The molecular weight excluding hydrogens is 552 g/mol. The zero-order chi connectivity index (χ0) is 29.9. The summed E-state index contributed by atoms with van der Waals surface area (Å²) < 4.78 is 0. The van der Waals surface area contributed by atoms with Crippen LogP contribution in [0, 0.1) is 0 Å². The van der Waals surface area contributed by atoms with Crippen LogP contribution < -0.4 is 0 Å². The molecule has 0 aromatic carbocycles. The molecule has 5 heterocycles. The van der Waals surface area contributed by atoms with E-state index in [0.717, 1.165) is 44.8 Å². The van der Waals surface area contributed by atoms with Crippen LogP contribution >= 0.6 is 0 Å². The van der Waals surface area contributed by atoms with Crippen molar-refractivity contribution in [2.24, 2.45) is 0 Å².